The first-order valence-corrected chi connectivity index (χ1v) is 24.5. The monoisotopic (exact) mass is 889 g/mol. The average Bonchev–Trinajstić information content (AvgIpc) is 3.99. The Morgan fingerprint density at radius 2 is 1.65 bits per heavy atom. The highest BCUT2D eigenvalue weighted by Crippen LogP contribution is 2.48. The molecule has 2 aromatic rings. The van der Waals surface area contributed by atoms with Crippen LogP contribution in [0.2, 0.25) is 0 Å². The van der Waals surface area contributed by atoms with Crippen LogP contribution in [0.4, 0.5) is 0 Å². The topological polar surface area (TPSA) is 146 Å². The summed E-state index contributed by atoms with van der Waals surface area (Å²) in [6, 6.07) is -0.320. The minimum atomic E-state index is -2.65. The number of aromatic nitrogens is 2. The molecule has 10 nitrogen and oxygen atoms in total. The zero-order valence-electron chi connectivity index (χ0n) is 41.3. The summed E-state index contributed by atoms with van der Waals surface area (Å²) in [5.41, 5.74) is 6.74. The van der Waals surface area contributed by atoms with E-state index in [-0.39, 0.29) is 47.8 Å². The van der Waals surface area contributed by atoms with Gasteiger partial charge in [0.15, 0.2) is 0 Å². The van der Waals surface area contributed by atoms with Gasteiger partial charge in [0.1, 0.15) is 6.61 Å². The summed E-state index contributed by atoms with van der Waals surface area (Å²) < 4.78 is 10.9. The Labute approximate surface area is 387 Å². The van der Waals surface area contributed by atoms with Crippen LogP contribution in [0.25, 0.3) is 18.2 Å². The minimum Gasteiger partial charge on any atom is -0.466 e. The van der Waals surface area contributed by atoms with Crippen molar-refractivity contribution in [3.8, 4) is 0 Å². The second-order valence-electron chi connectivity index (χ2n) is 20.1. The first-order chi connectivity index (χ1) is 30.9. The van der Waals surface area contributed by atoms with Crippen LogP contribution in [0, 0.1) is 43.4 Å². The maximum atomic E-state index is 14.5. The summed E-state index contributed by atoms with van der Waals surface area (Å²) in [6.07, 6.45) is 20.8. The summed E-state index contributed by atoms with van der Waals surface area (Å²) in [7, 11) is 1.16. The van der Waals surface area contributed by atoms with E-state index in [9.17, 15) is 19.5 Å². The Morgan fingerprint density at radius 1 is 0.969 bits per heavy atom. The van der Waals surface area contributed by atoms with E-state index in [4.69, 9.17) is 19.5 Å². The van der Waals surface area contributed by atoms with E-state index in [1.54, 1.807) is 6.92 Å². The van der Waals surface area contributed by atoms with Gasteiger partial charge in [-0.2, -0.15) is 0 Å². The number of hydrogen-bond donors (Lipinski definition) is 3. The third kappa shape index (κ3) is 10.4. The van der Waals surface area contributed by atoms with E-state index in [1.807, 2.05) is 18.2 Å². The lowest BCUT2D eigenvalue weighted by atomic mass is 9.78. The van der Waals surface area contributed by atoms with Crippen LogP contribution in [0.3, 0.4) is 0 Å². The van der Waals surface area contributed by atoms with Crippen LogP contribution in [0.5, 0.6) is 0 Å². The molecule has 0 aromatic carbocycles. The second-order valence-corrected chi connectivity index (χ2v) is 20.1. The highest BCUT2D eigenvalue weighted by molar-refractivity contribution is 6.36. The molecule has 6 atom stereocenters. The highest BCUT2D eigenvalue weighted by Gasteiger charge is 2.61. The first-order valence-electron chi connectivity index (χ1n) is 24.5. The summed E-state index contributed by atoms with van der Waals surface area (Å²) in [6.45, 7) is 26.0. The molecule has 8 bridgehead atoms. The van der Waals surface area contributed by atoms with Crippen LogP contribution < -0.4 is 10.7 Å². The zero-order valence-corrected chi connectivity index (χ0v) is 41.3. The molecule has 3 aliphatic heterocycles. The number of carbonyl (C=O) groups excluding carboxylic acids is 3. The molecule has 65 heavy (non-hydrogen) atoms. The average molecular weight is 889 g/mol. The Morgan fingerprint density at radius 3 is 2.29 bits per heavy atom. The van der Waals surface area contributed by atoms with Crippen molar-refractivity contribution in [1.82, 2.24) is 9.97 Å². The fourth-order valence-electron chi connectivity index (χ4n) is 10.7. The van der Waals surface area contributed by atoms with Crippen molar-refractivity contribution in [3.63, 3.8) is 0 Å². The van der Waals surface area contributed by atoms with E-state index >= 15 is 0 Å². The molecule has 0 saturated heterocycles. The molecule has 0 fully saturated rings. The Bertz CT molecular complexity index is 2450. The molecule has 3 N–H and O–H groups in total. The van der Waals surface area contributed by atoms with Crippen molar-refractivity contribution in [2.45, 2.75) is 164 Å². The quantitative estimate of drug-likeness (QED) is 0.0686. The van der Waals surface area contributed by atoms with Gasteiger partial charge in [-0.3, -0.25) is 14.6 Å². The van der Waals surface area contributed by atoms with Crippen molar-refractivity contribution in [2.75, 3.05) is 13.7 Å². The smallest absolute Gasteiger partial charge is 0.351 e. The van der Waals surface area contributed by atoms with Gasteiger partial charge in [0.2, 0.25) is 5.78 Å². The zero-order chi connectivity index (χ0) is 47.3. The summed E-state index contributed by atoms with van der Waals surface area (Å²) in [5.74, 6) is -0.459. The lowest BCUT2D eigenvalue weighted by Crippen LogP contribution is -2.49. The predicted molar refractivity (Wildman–Crippen MR) is 263 cm³/mol. The van der Waals surface area contributed by atoms with Crippen LogP contribution in [0.15, 0.2) is 50.6 Å². The number of allylic oxidation sites excluding steroid dienone is 3. The van der Waals surface area contributed by atoms with Crippen molar-refractivity contribution >= 4 is 47.4 Å². The number of nitrogens with zero attached hydrogens (tertiary/aromatic N) is 2. The summed E-state index contributed by atoms with van der Waals surface area (Å²) in [4.78, 5) is 59.2. The van der Waals surface area contributed by atoms with Gasteiger partial charge < -0.3 is 24.5 Å². The largest absolute Gasteiger partial charge is 0.466 e. The van der Waals surface area contributed by atoms with Crippen molar-refractivity contribution in [3.05, 3.63) is 85.0 Å². The van der Waals surface area contributed by atoms with E-state index in [0.29, 0.717) is 35.8 Å². The number of fused-ring (bicyclic) bond motifs is 6. The van der Waals surface area contributed by atoms with Crippen molar-refractivity contribution in [1.29, 1.82) is 0 Å². The number of rotatable bonds is 20. The molecule has 10 heteroatoms. The number of methoxy groups -OCH3 is 1. The maximum Gasteiger partial charge on any atom is 0.351 e. The highest BCUT2D eigenvalue weighted by atomic mass is 16.5. The minimum absolute atomic E-state index is 0.0505. The van der Waals surface area contributed by atoms with E-state index in [2.05, 4.69) is 84.9 Å². The number of aliphatic hydroxyl groups is 1. The van der Waals surface area contributed by atoms with Gasteiger partial charge in [-0.1, -0.05) is 105 Å². The maximum absolute atomic E-state index is 14.5. The third-order valence-corrected chi connectivity index (χ3v) is 14.9. The van der Waals surface area contributed by atoms with Gasteiger partial charge in [-0.15, -0.1) is 0 Å². The number of ether oxygens (including phenoxy) is 2. The van der Waals surface area contributed by atoms with Crippen molar-refractivity contribution in [2.24, 2.45) is 39.6 Å². The number of aromatic amines is 2. The van der Waals surface area contributed by atoms with Gasteiger partial charge in [-0.25, -0.2) is 9.79 Å². The molecular weight excluding hydrogens is 813 g/mol. The lowest BCUT2D eigenvalue weighted by molar-refractivity contribution is -0.161. The normalized spacial score (nSPS) is 23.6. The number of aliphatic imine (C=N–C) groups is 2. The van der Waals surface area contributed by atoms with E-state index in [1.165, 1.54) is 50.5 Å². The molecule has 352 valence electrons. The van der Waals surface area contributed by atoms with Crippen LogP contribution in [-0.4, -0.2) is 69.6 Å². The molecule has 5 heterocycles. The summed E-state index contributed by atoms with van der Waals surface area (Å²) in [5, 5.41) is 14.2. The van der Waals surface area contributed by atoms with Crippen LogP contribution >= 0.6 is 0 Å². The lowest BCUT2D eigenvalue weighted by Gasteiger charge is -2.26. The standard InChI is InChI=1S/C55H76N4O6/c1-13-39-35(8)42-28-44-37(10)41(24-25-48(60)65-27-26-34(7)23-17-22-33(6)21-16-20-32(5)19-15-18-31(3)4)51(58-44)50-52-49(53(61)55(50,63)54(62)64-12)38(11)45(59-52)30-47-40(14-2)36(9)43(57-47)29-46(39)56-42/h13,26,29-33,37,41,44,56-57,63H,1,14-25,27-28H2,2-12H3/b34-26+,43-29-,47-30-/t32-,33-,37+,41+,44?,55-/m1/s1. The van der Waals surface area contributed by atoms with Gasteiger partial charge in [0.25, 0.3) is 5.60 Å². The molecule has 2 aromatic heterocycles. The fourth-order valence-corrected chi connectivity index (χ4v) is 10.7. The van der Waals surface area contributed by atoms with Gasteiger partial charge in [0.05, 0.1) is 35.7 Å². The van der Waals surface area contributed by atoms with Gasteiger partial charge in [-0.05, 0) is 118 Å². The molecule has 0 saturated carbocycles. The third-order valence-electron chi connectivity index (χ3n) is 14.9. The van der Waals surface area contributed by atoms with Crippen LogP contribution in [0.1, 0.15) is 160 Å². The molecular formula is C55H76N4O6. The number of esters is 2. The molecule has 6 rings (SSSR count). The molecule has 4 aliphatic rings. The van der Waals surface area contributed by atoms with E-state index in [0.717, 1.165) is 82.5 Å². The molecule has 0 amide bonds. The van der Waals surface area contributed by atoms with Crippen LogP contribution in [-0.2, 0) is 36.7 Å². The van der Waals surface area contributed by atoms with Gasteiger partial charge >= 0.3 is 11.9 Å². The number of ketones is 1. The number of H-pyrrole nitrogens is 2. The second kappa shape index (κ2) is 21.2. The Kier molecular flexibility index (Phi) is 16.2. The Hall–Kier alpha value is -4.83. The predicted octanol–water partition coefficient (Wildman–Crippen LogP) is 9.63. The van der Waals surface area contributed by atoms with E-state index < -0.39 is 23.3 Å². The summed E-state index contributed by atoms with van der Waals surface area (Å²) >= 11 is 0. The first kappa shape index (κ1) is 49.6. The number of Topliss-reactive ketones (excluding diaryl/α,β-unsaturated/α-hetero) is 1. The molecule has 0 radical (unpaired) electrons. The molecule has 1 unspecified atom stereocenters. The fraction of sp³-hybridized carbons (Fsp3) is 0.582. The van der Waals surface area contributed by atoms with Crippen molar-refractivity contribution < 1.29 is 29.0 Å². The number of hydrogen-bond acceptors (Lipinski definition) is 8. The molecule has 0 spiro atoms. The van der Waals surface area contributed by atoms with Gasteiger partial charge in [0, 0.05) is 52.1 Å². The molecule has 1 aliphatic carbocycles. The Balaban J connectivity index is 1.21. The SMILES string of the molecule is C=Cc1c2[nH]c(c1C)CC1N=C(C3=C4N=C(/C=c5\[nH]/c(c(C)c5CC)=C\2)C(C)=C4C(=O)[C@@]3(O)C(=O)OC)[C@@H](CCC(=O)OC/C=C(\C)CCC[C@H](C)CCC[C@H](C)CCCC(C)C)[C@@H]1C. The number of nitrogens with one attached hydrogen (secondary N) is 2. The number of carbonyl (C=O) groups is 3.